The largest absolute Gasteiger partial charge is 0.457 e. The van der Waals surface area contributed by atoms with Gasteiger partial charge in [0.1, 0.15) is 17.6 Å². The summed E-state index contributed by atoms with van der Waals surface area (Å²) in [5, 5.41) is 11.2. The van der Waals surface area contributed by atoms with E-state index in [-0.39, 0.29) is 5.56 Å². The van der Waals surface area contributed by atoms with Crippen LogP contribution in [0.5, 0.6) is 11.5 Å². The van der Waals surface area contributed by atoms with E-state index in [1.54, 1.807) is 0 Å². The maximum Gasteiger partial charge on any atom is 0.256 e. The van der Waals surface area contributed by atoms with Gasteiger partial charge >= 0.3 is 0 Å². The number of fused-ring (bicyclic) bond motifs is 4. The summed E-state index contributed by atoms with van der Waals surface area (Å²) in [5.41, 5.74) is -17.1. The first-order valence-electron chi connectivity index (χ1n) is 35.5. The fraction of sp³-hybridized carbons (Fsp3) is 0.0678. The predicted molar refractivity (Wildman–Crippen MR) is 263 cm³/mol. The third-order valence-corrected chi connectivity index (χ3v) is 10.2. The molecule has 2 aliphatic heterocycles. The van der Waals surface area contributed by atoms with Crippen molar-refractivity contribution in [2.24, 2.45) is 0 Å². The van der Waals surface area contributed by atoms with Crippen LogP contribution < -0.4 is 26.0 Å². The number of hydrogen-bond donors (Lipinski definition) is 0. The molecule has 0 saturated heterocycles. The van der Waals surface area contributed by atoms with E-state index in [0.29, 0.717) is 0 Å². The molecule has 0 amide bonds. The van der Waals surface area contributed by atoms with E-state index in [1.807, 2.05) is 6.07 Å². The van der Waals surface area contributed by atoms with Gasteiger partial charge in [-0.15, -0.1) is 0 Å². The van der Waals surface area contributed by atoms with Crippen LogP contribution in [-0.4, -0.2) is 6.71 Å². The highest BCUT2D eigenvalue weighted by atomic mass is 16.5. The Morgan fingerprint density at radius 1 is 0.508 bits per heavy atom. The minimum Gasteiger partial charge on any atom is -0.457 e. The molecule has 0 unspecified atom stereocenters. The number of anilines is 3. The number of hydrogen-bond acceptors (Lipinski definition) is 3. The van der Waals surface area contributed by atoms with Crippen molar-refractivity contribution in [1.29, 1.82) is 5.26 Å². The quantitative estimate of drug-likeness (QED) is 0.157. The number of nitrogens with zero attached hydrogens (tertiary/aromatic N) is 2. The molecule has 0 saturated carbocycles. The molecule has 63 heavy (non-hydrogen) atoms. The maximum atomic E-state index is 11.2. The molecular formula is C59H43BN2O. The summed E-state index contributed by atoms with van der Waals surface area (Å²) in [4.78, 5) is 0.750. The fourth-order valence-corrected chi connectivity index (χ4v) is 7.43. The summed E-state index contributed by atoms with van der Waals surface area (Å²) in [6.07, 6.45) is 0. The molecule has 9 aromatic rings. The van der Waals surface area contributed by atoms with E-state index in [0.717, 1.165) is 11.0 Å². The molecule has 2 heterocycles. The zero-order chi connectivity index (χ0) is 71.4. The van der Waals surface area contributed by atoms with Crippen LogP contribution in [0.15, 0.2) is 205 Å². The van der Waals surface area contributed by atoms with Crippen LogP contribution >= 0.6 is 0 Å². The molecule has 3 nitrogen and oxygen atoms in total. The first kappa shape index (κ1) is 16.8. The van der Waals surface area contributed by atoms with E-state index in [4.69, 9.17) is 28.0 Å². The van der Waals surface area contributed by atoms with Crippen molar-refractivity contribution in [2.45, 2.75) is 26.2 Å². The first-order chi connectivity index (χ1) is 44.6. The van der Waals surface area contributed by atoms with Crippen LogP contribution in [0.25, 0.3) is 55.6 Å². The lowest BCUT2D eigenvalue weighted by Crippen LogP contribution is -2.60. The molecule has 9 aromatic carbocycles. The van der Waals surface area contributed by atoms with Crippen LogP contribution in [0.2, 0.25) is 0 Å². The van der Waals surface area contributed by atoms with E-state index in [1.165, 1.54) is 20.8 Å². The molecule has 0 aromatic heterocycles. The van der Waals surface area contributed by atoms with E-state index >= 15 is 0 Å². The van der Waals surface area contributed by atoms with Gasteiger partial charge in [0.25, 0.3) is 6.71 Å². The molecular weight excluding hydrogens is 763 g/mol. The van der Waals surface area contributed by atoms with Crippen LogP contribution in [0.1, 0.15) is 77.1 Å². The Morgan fingerprint density at radius 3 is 1.49 bits per heavy atom. The normalized spacial score (nSPS) is 19.7. The molecule has 0 spiro atoms. The second-order valence-corrected chi connectivity index (χ2v) is 15.0. The van der Waals surface area contributed by atoms with Crippen molar-refractivity contribution in [1.82, 2.24) is 0 Å². The van der Waals surface area contributed by atoms with Crippen LogP contribution in [-0.2, 0) is 5.41 Å². The minimum absolute atomic E-state index is 0.339. The Balaban J connectivity index is 1.53. The van der Waals surface area contributed by atoms with Gasteiger partial charge in [0.05, 0.1) is 56.5 Å². The summed E-state index contributed by atoms with van der Waals surface area (Å²) in [5.74, 6) is -1.51. The Morgan fingerprint density at radius 2 is 0.984 bits per heavy atom. The number of rotatable bonds is 6. The highest BCUT2D eigenvalue weighted by Crippen LogP contribution is 2.51. The van der Waals surface area contributed by atoms with Crippen molar-refractivity contribution < 1.29 is 50.0 Å². The van der Waals surface area contributed by atoms with Gasteiger partial charge < -0.3 is 9.64 Å². The number of benzene rings is 9. The van der Waals surface area contributed by atoms with Gasteiger partial charge in [-0.3, -0.25) is 0 Å². The molecule has 0 radical (unpaired) electrons. The smallest absolute Gasteiger partial charge is 0.256 e. The van der Waals surface area contributed by atoms with Gasteiger partial charge in [-0.2, -0.15) is 5.26 Å². The van der Waals surface area contributed by atoms with E-state index in [2.05, 4.69) is 0 Å². The molecule has 4 heteroatoms. The van der Waals surface area contributed by atoms with Gasteiger partial charge in [-0.05, 0) is 108 Å². The Labute approximate surface area is 416 Å². The predicted octanol–water partition coefficient (Wildman–Crippen LogP) is 13.6. The fourth-order valence-electron chi connectivity index (χ4n) is 7.43. The third kappa shape index (κ3) is 6.62. The van der Waals surface area contributed by atoms with Crippen molar-refractivity contribution in [3.05, 3.63) is 217 Å². The van der Waals surface area contributed by atoms with Gasteiger partial charge in [0, 0.05) is 22.5 Å². The molecule has 298 valence electrons. The summed E-state index contributed by atoms with van der Waals surface area (Å²) < 4.78 is 314. The Hall–Kier alpha value is -7.87. The molecule has 0 aliphatic carbocycles. The average molecular weight is 840 g/mol. The lowest BCUT2D eigenvalue weighted by atomic mass is 9.33. The topological polar surface area (TPSA) is 36.3 Å². The molecule has 0 N–H and O–H groups in total. The lowest BCUT2D eigenvalue weighted by Gasteiger charge is -2.43. The lowest BCUT2D eigenvalue weighted by molar-refractivity contribution is 0.482. The Kier molecular flexibility index (Phi) is 4.06. The van der Waals surface area contributed by atoms with Gasteiger partial charge in [0.2, 0.25) is 0 Å². The van der Waals surface area contributed by atoms with Crippen LogP contribution in [0.4, 0.5) is 17.1 Å². The van der Waals surface area contributed by atoms with Crippen LogP contribution in [0.3, 0.4) is 0 Å². The molecule has 2 aliphatic rings. The van der Waals surface area contributed by atoms with Crippen molar-refractivity contribution >= 4 is 40.2 Å². The van der Waals surface area contributed by atoms with Crippen molar-refractivity contribution in [3.63, 3.8) is 0 Å². The summed E-state index contributed by atoms with van der Waals surface area (Å²) in [6.45, 7) is 2.32. The monoisotopic (exact) mass is 840 g/mol. The first-order valence-corrected chi connectivity index (χ1v) is 19.0. The van der Waals surface area contributed by atoms with E-state index < -0.39 is 318 Å². The standard InChI is InChI=1S/C59H43BN2O/c1-59(2,3)48-36-54-56-55(37-48)63-58-47(38-61)31-45(40-21-11-5-12-22-40)35-52(58)60(56)51-34-44(39-19-9-4-10-20-39)29-30-53(51)62(54)57-49(42-25-15-7-16-26-42)32-46(41-23-13-6-14-24-41)33-50(57)43-27-17-8-18-28-43/h4-37H,1-3H3/i4D,5D,6D,7D,8D,9D,10D,11D,12D,13D,14D,15D,16D,17D,18D,19D,20D,21D,22D,23D,24D,25D,26D,27D,28D,30D,31D,32D,33D,34D,35D,36D,37D. The molecule has 0 fully saturated rings. The number of nitriles is 1. The second kappa shape index (κ2) is 15.2. The maximum absolute atomic E-state index is 11.2. The highest BCUT2D eigenvalue weighted by molar-refractivity contribution is 6.99. The highest BCUT2D eigenvalue weighted by Gasteiger charge is 2.45. The SMILES string of the molecule is [2H]c1cc(-c2c([2H])c([2H])c([2H])c([2H])c2[2H])c([2H])c2c1N(c1c(-c3c([2H])c([2H])c([2H])c([2H])c3[2H])c([2H])c(-c3c([2H])c([2H])c([2H])c([2H])c3[2H])c([2H])c1-c1c([2H])c([2H])c([2H])c([2H])c1[2H])c1c([2H])c(C(C)(C)C)c([2H])c3c1B2c1c([2H])c(-c2c([2H])c([2H])c([2H])c([2H])c2[2H])c([2H])c(C#N)c1O3. The number of ether oxygens (including phenoxy) is 1. The zero-order valence-corrected chi connectivity index (χ0v) is 33.0. The van der Waals surface area contributed by atoms with Crippen LogP contribution in [0, 0.1) is 11.3 Å². The summed E-state index contributed by atoms with van der Waals surface area (Å²) in [7, 11) is 0. The van der Waals surface area contributed by atoms with E-state index in [9.17, 15) is 27.2 Å². The summed E-state index contributed by atoms with van der Waals surface area (Å²) in [6, 6.07) is -32.2. The zero-order valence-electron chi connectivity index (χ0n) is 66.0. The molecule has 0 bridgehead atoms. The average Bonchev–Trinajstić information content (AvgIpc) is 0.673. The molecule has 0 atom stereocenters. The van der Waals surface area contributed by atoms with Gasteiger partial charge in [-0.1, -0.05) is 190 Å². The molecule has 11 rings (SSSR count). The van der Waals surface area contributed by atoms with Crippen molar-refractivity contribution in [3.8, 4) is 73.2 Å². The van der Waals surface area contributed by atoms with Gasteiger partial charge in [-0.25, -0.2) is 0 Å². The minimum atomic E-state index is -2.19. The van der Waals surface area contributed by atoms with Gasteiger partial charge in [0.15, 0.2) is 0 Å². The Bertz CT molecular complexity index is 4970. The summed E-state index contributed by atoms with van der Waals surface area (Å²) >= 11 is 0. The third-order valence-electron chi connectivity index (χ3n) is 10.2. The van der Waals surface area contributed by atoms with Crippen molar-refractivity contribution in [2.75, 3.05) is 4.90 Å². The second-order valence-electron chi connectivity index (χ2n) is 15.0.